The summed E-state index contributed by atoms with van der Waals surface area (Å²) in [5.74, 6) is 4.69. The number of aryl methyl sites for hydroxylation is 1. The smallest absolute Gasteiger partial charge is 0.324 e. The Bertz CT molecular complexity index is 2060. The second kappa shape index (κ2) is 12.6. The maximum atomic E-state index is 13.3. The zero-order chi connectivity index (χ0) is 31.3. The van der Waals surface area contributed by atoms with Crippen LogP contribution in [0.1, 0.15) is 36.6 Å². The van der Waals surface area contributed by atoms with Crippen LogP contribution in [0, 0.1) is 19.3 Å². The van der Waals surface area contributed by atoms with Crippen LogP contribution in [0.4, 0.5) is 27.9 Å². The largest absolute Gasteiger partial charge is 0.438 e. The Morgan fingerprint density at radius 2 is 1.71 bits per heavy atom. The number of anilines is 4. The molecule has 0 spiro atoms. The molecule has 3 N–H and O–H groups in total. The molecule has 9 heteroatoms. The van der Waals surface area contributed by atoms with Crippen LogP contribution in [-0.2, 0) is 0 Å². The molecule has 0 fully saturated rings. The molecule has 6 rings (SSSR count). The monoisotopic (exact) mass is 593 g/mol. The number of benzene rings is 4. The van der Waals surface area contributed by atoms with Gasteiger partial charge in [0.05, 0.1) is 17.1 Å². The fourth-order valence-corrected chi connectivity index (χ4v) is 4.88. The Kier molecular flexibility index (Phi) is 8.12. The van der Waals surface area contributed by atoms with Gasteiger partial charge in [-0.2, -0.15) is 10.1 Å². The van der Waals surface area contributed by atoms with Gasteiger partial charge in [0.25, 0.3) is 0 Å². The summed E-state index contributed by atoms with van der Waals surface area (Å²) in [5.41, 5.74) is 4.97. The van der Waals surface area contributed by atoms with E-state index in [2.05, 4.69) is 45.7 Å². The molecule has 0 unspecified atom stereocenters. The number of amides is 2. The van der Waals surface area contributed by atoms with E-state index in [4.69, 9.17) is 16.3 Å². The summed E-state index contributed by atoms with van der Waals surface area (Å²) in [7, 11) is 0. The second-order valence-electron chi connectivity index (χ2n) is 10.7. The predicted molar refractivity (Wildman–Crippen MR) is 179 cm³/mol. The number of hydrogen-bond donors (Lipinski definition) is 3. The van der Waals surface area contributed by atoms with E-state index >= 15 is 0 Å². The van der Waals surface area contributed by atoms with Crippen molar-refractivity contribution in [1.82, 2.24) is 19.7 Å². The van der Waals surface area contributed by atoms with Gasteiger partial charge in [-0.15, -0.1) is 6.42 Å². The van der Waals surface area contributed by atoms with E-state index in [9.17, 15) is 4.79 Å². The molecule has 9 nitrogen and oxygen atoms in total. The van der Waals surface area contributed by atoms with Crippen molar-refractivity contribution in [3.8, 4) is 29.7 Å². The van der Waals surface area contributed by atoms with Crippen molar-refractivity contribution in [2.45, 2.75) is 26.7 Å². The van der Waals surface area contributed by atoms with Crippen LogP contribution in [-0.4, -0.2) is 25.8 Å². The molecular formula is C36H31N7O2. The molecule has 4 aromatic carbocycles. The van der Waals surface area contributed by atoms with Crippen LogP contribution in [0.25, 0.3) is 16.5 Å². The first-order chi connectivity index (χ1) is 21.9. The van der Waals surface area contributed by atoms with Crippen molar-refractivity contribution in [3.05, 3.63) is 120 Å². The standard InChI is InChI=1S/C36H31N7O2/c1-5-25-12-10-13-26(21-25)38-35-37-20-19-34(41-35)45-32-18-17-29(27-14-7-8-15-28(27)32)39-36(44)40-33-22-30(23(2)3)42-43(33)31-16-9-6-11-24(31)4/h1,6-23H,2-4H3,(H,37,38,41)(H2,39,40,44). The lowest BCUT2D eigenvalue weighted by Gasteiger charge is -2.15. The zero-order valence-corrected chi connectivity index (χ0v) is 25.1. The average molecular weight is 594 g/mol. The van der Waals surface area contributed by atoms with E-state index in [1.807, 2.05) is 85.8 Å². The number of nitrogens with one attached hydrogen (secondary N) is 3. The highest BCUT2D eigenvalue weighted by atomic mass is 16.5. The Hall–Kier alpha value is -6.14. The number of ether oxygens (including phenoxy) is 1. The maximum Gasteiger partial charge on any atom is 0.324 e. The van der Waals surface area contributed by atoms with Gasteiger partial charge < -0.3 is 15.4 Å². The number of nitrogens with zero attached hydrogens (tertiary/aromatic N) is 4. The first-order valence-electron chi connectivity index (χ1n) is 14.5. The third kappa shape index (κ3) is 6.45. The first-order valence-corrected chi connectivity index (χ1v) is 14.5. The van der Waals surface area contributed by atoms with Gasteiger partial charge in [0.2, 0.25) is 11.8 Å². The first kappa shape index (κ1) is 29.0. The van der Waals surface area contributed by atoms with Gasteiger partial charge in [-0.1, -0.05) is 68.3 Å². The van der Waals surface area contributed by atoms with Crippen molar-refractivity contribution in [2.75, 3.05) is 16.0 Å². The molecule has 2 aromatic heterocycles. The van der Waals surface area contributed by atoms with E-state index in [0.29, 0.717) is 29.1 Å². The molecule has 2 amide bonds. The molecule has 0 saturated heterocycles. The number of rotatable bonds is 8. The molecule has 0 atom stereocenters. The van der Waals surface area contributed by atoms with Crippen LogP contribution < -0.4 is 20.7 Å². The zero-order valence-electron chi connectivity index (χ0n) is 25.1. The van der Waals surface area contributed by atoms with Gasteiger partial charge in [0.1, 0.15) is 11.6 Å². The molecule has 6 aromatic rings. The van der Waals surface area contributed by atoms with Crippen LogP contribution in [0.5, 0.6) is 11.6 Å². The van der Waals surface area contributed by atoms with Crippen molar-refractivity contribution < 1.29 is 9.53 Å². The van der Waals surface area contributed by atoms with E-state index in [-0.39, 0.29) is 11.9 Å². The number of fused-ring (bicyclic) bond motifs is 1. The number of aromatic nitrogens is 4. The highest BCUT2D eigenvalue weighted by Gasteiger charge is 2.17. The summed E-state index contributed by atoms with van der Waals surface area (Å²) in [4.78, 5) is 22.2. The van der Waals surface area contributed by atoms with E-state index in [1.165, 1.54) is 0 Å². The Morgan fingerprint density at radius 3 is 2.51 bits per heavy atom. The molecule has 222 valence electrons. The number of carbonyl (C=O) groups excluding carboxylic acids is 1. The number of urea groups is 1. The summed E-state index contributed by atoms with van der Waals surface area (Å²) in [6.07, 6.45) is 7.14. The van der Waals surface area contributed by atoms with Gasteiger partial charge in [-0.05, 0) is 54.8 Å². The van der Waals surface area contributed by atoms with Gasteiger partial charge >= 0.3 is 6.03 Å². The second-order valence-corrected chi connectivity index (χ2v) is 10.7. The fourth-order valence-electron chi connectivity index (χ4n) is 4.88. The number of terminal acetylenes is 1. The highest BCUT2D eigenvalue weighted by molar-refractivity contribution is 6.07. The minimum absolute atomic E-state index is 0.191. The summed E-state index contributed by atoms with van der Waals surface area (Å²) in [6, 6.07) is 29.9. The molecule has 0 radical (unpaired) electrons. The third-order valence-corrected chi connectivity index (χ3v) is 7.17. The minimum atomic E-state index is -0.390. The molecule has 0 bridgehead atoms. The normalized spacial score (nSPS) is 10.8. The summed E-state index contributed by atoms with van der Waals surface area (Å²) in [5, 5.41) is 15.5. The van der Waals surface area contributed by atoms with Gasteiger partial charge in [0.15, 0.2) is 0 Å². The van der Waals surface area contributed by atoms with E-state index < -0.39 is 0 Å². The Balaban J connectivity index is 1.23. The molecule has 0 saturated carbocycles. The lowest BCUT2D eigenvalue weighted by Crippen LogP contribution is -2.21. The fraction of sp³-hybridized carbons (Fsp3) is 0.111. The molecule has 0 aliphatic carbocycles. The summed E-state index contributed by atoms with van der Waals surface area (Å²) >= 11 is 0. The average Bonchev–Trinajstić information content (AvgIpc) is 3.46. The molecule has 0 aliphatic rings. The Labute approximate surface area is 261 Å². The third-order valence-electron chi connectivity index (χ3n) is 7.17. The quantitative estimate of drug-likeness (QED) is 0.153. The van der Waals surface area contributed by atoms with Crippen LogP contribution in [0.15, 0.2) is 103 Å². The number of carbonyl (C=O) groups is 1. The topological polar surface area (TPSA) is 106 Å². The van der Waals surface area contributed by atoms with Crippen LogP contribution in [0.2, 0.25) is 0 Å². The van der Waals surface area contributed by atoms with E-state index in [1.54, 1.807) is 29.1 Å². The van der Waals surface area contributed by atoms with E-state index in [0.717, 1.165) is 39.0 Å². The molecule has 0 aliphatic heterocycles. The van der Waals surface area contributed by atoms with Crippen molar-refractivity contribution in [3.63, 3.8) is 0 Å². The lowest BCUT2D eigenvalue weighted by molar-refractivity contribution is 0.262. The van der Waals surface area contributed by atoms with Crippen LogP contribution in [0.3, 0.4) is 0 Å². The van der Waals surface area contributed by atoms with Crippen molar-refractivity contribution in [1.29, 1.82) is 0 Å². The predicted octanol–water partition coefficient (Wildman–Crippen LogP) is 8.41. The molecule has 2 heterocycles. The summed E-state index contributed by atoms with van der Waals surface area (Å²) in [6.45, 7) is 6.16. The maximum absolute atomic E-state index is 13.3. The van der Waals surface area contributed by atoms with Crippen molar-refractivity contribution in [2.24, 2.45) is 0 Å². The van der Waals surface area contributed by atoms with Crippen molar-refractivity contribution >= 4 is 39.9 Å². The number of hydrogen-bond acceptors (Lipinski definition) is 6. The molecular weight excluding hydrogens is 562 g/mol. The SMILES string of the molecule is C#Cc1cccc(Nc2nccc(Oc3ccc(NC(=O)Nc4cc(C(C)C)nn4-c4ccccc4C)c4ccccc34)n2)c1. The number of para-hydroxylation sites is 1. The van der Waals surface area contributed by atoms with Gasteiger partial charge in [-0.25, -0.2) is 14.5 Å². The highest BCUT2D eigenvalue weighted by Crippen LogP contribution is 2.34. The van der Waals surface area contributed by atoms with Gasteiger partial charge in [-0.3, -0.25) is 5.32 Å². The van der Waals surface area contributed by atoms with Gasteiger partial charge in [0, 0.05) is 40.4 Å². The molecule has 45 heavy (non-hydrogen) atoms. The minimum Gasteiger partial charge on any atom is -0.438 e. The Morgan fingerprint density at radius 1 is 0.911 bits per heavy atom. The summed E-state index contributed by atoms with van der Waals surface area (Å²) < 4.78 is 7.98. The lowest BCUT2D eigenvalue weighted by atomic mass is 10.1. The van der Waals surface area contributed by atoms with Crippen LogP contribution >= 0.6 is 0 Å².